The average molecular weight is 377 g/mol. The van der Waals surface area contributed by atoms with Gasteiger partial charge in [-0.3, -0.25) is 9.44 Å². The summed E-state index contributed by atoms with van der Waals surface area (Å²) in [4.78, 5) is 23.4. The van der Waals surface area contributed by atoms with E-state index in [1.807, 2.05) is 6.07 Å². The standard InChI is InChI=1S/C16H15N3O6S/c20-15(21)14(17-16(22)25-9-10-4-2-1-3-5-10)11-6-7-12-13(8-11)19-26(23,24)18-12/h1-8,14,18-19H,9H2,(H,17,22)(H,20,21). The van der Waals surface area contributed by atoms with Crippen molar-refractivity contribution in [3.05, 3.63) is 59.7 Å². The maximum Gasteiger partial charge on any atom is 0.408 e. The molecule has 0 saturated heterocycles. The molecule has 1 atom stereocenters. The van der Waals surface area contributed by atoms with Crippen LogP contribution in [0.2, 0.25) is 0 Å². The molecule has 1 unspecified atom stereocenters. The summed E-state index contributed by atoms with van der Waals surface area (Å²) in [6, 6.07) is 11.7. The van der Waals surface area contributed by atoms with Gasteiger partial charge >= 0.3 is 22.3 Å². The maximum absolute atomic E-state index is 11.9. The molecule has 26 heavy (non-hydrogen) atoms. The van der Waals surface area contributed by atoms with Crippen molar-refractivity contribution in [2.24, 2.45) is 0 Å². The number of carboxylic acids is 1. The number of fused-ring (bicyclic) bond motifs is 1. The largest absolute Gasteiger partial charge is 0.479 e. The van der Waals surface area contributed by atoms with E-state index in [1.165, 1.54) is 18.2 Å². The molecule has 1 amide bonds. The number of benzene rings is 2. The molecule has 2 aromatic carbocycles. The van der Waals surface area contributed by atoms with Crippen LogP contribution in [0.3, 0.4) is 0 Å². The number of nitrogens with one attached hydrogen (secondary N) is 3. The van der Waals surface area contributed by atoms with Gasteiger partial charge in [0.25, 0.3) is 0 Å². The molecule has 10 heteroatoms. The van der Waals surface area contributed by atoms with Gasteiger partial charge in [0.1, 0.15) is 6.61 Å². The van der Waals surface area contributed by atoms with E-state index in [0.29, 0.717) is 5.69 Å². The summed E-state index contributed by atoms with van der Waals surface area (Å²) >= 11 is 0. The minimum absolute atomic E-state index is 0.00702. The molecule has 0 radical (unpaired) electrons. The number of hydrogen-bond acceptors (Lipinski definition) is 5. The Morgan fingerprint density at radius 2 is 1.77 bits per heavy atom. The molecule has 0 saturated carbocycles. The number of hydrogen-bond donors (Lipinski definition) is 4. The number of amides is 1. The zero-order valence-electron chi connectivity index (χ0n) is 13.3. The van der Waals surface area contributed by atoms with E-state index in [-0.39, 0.29) is 17.9 Å². The van der Waals surface area contributed by atoms with E-state index in [9.17, 15) is 23.1 Å². The van der Waals surface area contributed by atoms with Gasteiger partial charge in [0.15, 0.2) is 6.04 Å². The first-order valence-electron chi connectivity index (χ1n) is 7.48. The van der Waals surface area contributed by atoms with E-state index >= 15 is 0 Å². The van der Waals surface area contributed by atoms with Gasteiger partial charge in [0.05, 0.1) is 11.4 Å². The molecule has 3 rings (SSSR count). The van der Waals surface area contributed by atoms with Crippen LogP contribution in [0.1, 0.15) is 17.2 Å². The van der Waals surface area contributed by atoms with Crippen molar-refractivity contribution in [1.82, 2.24) is 5.32 Å². The molecule has 2 aromatic rings. The SMILES string of the molecule is O=C(NC(C(=O)O)c1ccc2c(c1)NS(=O)(=O)N2)OCc1ccccc1. The zero-order chi connectivity index (χ0) is 18.7. The van der Waals surface area contributed by atoms with Crippen molar-refractivity contribution in [3.8, 4) is 0 Å². The molecule has 0 aromatic heterocycles. The maximum atomic E-state index is 11.9. The summed E-state index contributed by atoms with van der Waals surface area (Å²) in [5, 5.41) is 11.6. The van der Waals surface area contributed by atoms with Crippen molar-refractivity contribution < 1.29 is 27.9 Å². The van der Waals surface area contributed by atoms with Gasteiger partial charge in [-0.25, -0.2) is 9.59 Å². The van der Waals surface area contributed by atoms with Crippen molar-refractivity contribution in [2.45, 2.75) is 12.6 Å². The molecule has 4 N–H and O–H groups in total. The monoisotopic (exact) mass is 377 g/mol. The number of ether oxygens (including phenoxy) is 1. The fourth-order valence-electron chi connectivity index (χ4n) is 2.40. The molecule has 9 nitrogen and oxygen atoms in total. The Morgan fingerprint density at radius 1 is 1.08 bits per heavy atom. The van der Waals surface area contributed by atoms with Crippen LogP contribution >= 0.6 is 0 Å². The van der Waals surface area contributed by atoms with Gasteiger partial charge in [-0.05, 0) is 23.3 Å². The first kappa shape index (κ1) is 17.5. The molecule has 136 valence electrons. The van der Waals surface area contributed by atoms with Crippen molar-refractivity contribution in [2.75, 3.05) is 9.44 Å². The minimum Gasteiger partial charge on any atom is -0.479 e. The van der Waals surface area contributed by atoms with Crippen LogP contribution in [0.4, 0.5) is 16.2 Å². The Labute approximate surface area is 149 Å². The first-order valence-corrected chi connectivity index (χ1v) is 8.97. The molecular formula is C16H15N3O6S. The smallest absolute Gasteiger partial charge is 0.408 e. The van der Waals surface area contributed by atoms with Gasteiger partial charge in [-0.1, -0.05) is 36.4 Å². The van der Waals surface area contributed by atoms with Crippen molar-refractivity contribution in [1.29, 1.82) is 0 Å². The lowest BCUT2D eigenvalue weighted by Gasteiger charge is -2.15. The summed E-state index contributed by atoms with van der Waals surface area (Å²) in [5.74, 6) is -1.31. The van der Waals surface area contributed by atoms with Crippen LogP contribution in [0.25, 0.3) is 0 Å². The second-order valence-electron chi connectivity index (χ2n) is 5.49. The third-order valence-corrected chi connectivity index (χ3v) is 4.56. The average Bonchev–Trinajstić information content (AvgIpc) is 2.91. The highest BCUT2D eigenvalue weighted by atomic mass is 32.2. The van der Waals surface area contributed by atoms with Crippen LogP contribution in [0, 0.1) is 0 Å². The van der Waals surface area contributed by atoms with Crippen molar-refractivity contribution in [3.63, 3.8) is 0 Å². The fourth-order valence-corrected chi connectivity index (χ4v) is 3.38. The summed E-state index contributed by atoms with van der Waals surface area (Å²) in [6.07, 6.45) is -0.902. The Hall–Kier alpha value is -3.27. The second kappa shape index (κ2) is 6.92. The molecule has 0 fully saturated rings. The number of rotatable bonds is 5. The molecule has 1 aliphatic rings. The fraction of sp³-hybridized carbons (Fsp3) is 0.125. The highest BCUT2D eigenvalue weighted by Crippen LogP contribution is 2.32. The van der Waals surface area contributed by atoms with Gasteiger partial charge < -0.3 is 15.2 Å². The lowest BCUT2D eigenvalue weighted by molar-refractivity contribution is -0.139. The lowest BCUT2D eigenvalue weighted by atomic mass is 10.1. The normalized spacial score (nSPS) is 15.1. The molecular weight excluding hydrogens is 362 g/mol. The van der Waals surface area contributed by atoms with Gasteiger partial charge in [0.2, 0.25) is 0 Å². The van der Waals surface area contributed by atoms with Crippen LogP contribution in [0.15, 0.2) is 48.5 Å². The van der Waals surface area contributed by atoms with Crippen molar-refractivity contribution >= 4 is 33.6 Å². The lowest BCUT2D eigenvalue weighted by Crippen LogP contribution is -2.34. The van der Waals surface area contributed by atoms with Gasteiger partial charge in [-0.15, -0.1) is 0 Å². The van der Waals surface area contributed by atoms with Crippen LogP contribution in [-0.2, 0) is 26.3 Å². The summed E-state index contributed by atoms with van der Waals surface area (Å²) in [5.41, 5.74) is 1.45. The number of aliphatic carboxylic acids is 1. The summed E-state index contributed by atoms with van der Waals surface area (Å²) in [7, 11) is -3.69. The number of carboxylic acid groups (broad SMARTS) is 1. The van der Waals surface area contributed by atoms with Crippen LogP contribution < -0.4 is 14.8 Å². The molecule has 1 heterocycles. The Balaban J connectivity index is 1.70. The second-order valence-corrected chi connectivity index (χ2v) is 6.91. The predicted octanol–water partition coefficient (Wildman–Crippen LogP) is 1.82. The zero-order valence-corrected chi connectivity index (χ0v) is 14.1. The van der Waals surface area contributed by atoms with Crippen LogP contribution in [0.5, 0.6) is 0 Å². The number of anilines is 2. The Morgan fingerprint density at radius 3 is 2.46 bits per heavy atom. The highest BCUT2D eigenvalue weighted by molar-refractivity contribution is 7.94. The van der Waals surface area contributed by atoms with Crippen LogP contribution in [-0.4, -0.2) is 25.6 Å². The number of alkyl carbamates (subject to hydrolysis) is 1. The predicted molar refractivity (Wildman–Crippen MR) is 92.7 cm³/mol. The van der Waals surface area contributed by atoms with E-state index in [2.05, 4.69) is 14.8 Å². The topological polar surface area (TPSA) is 134 Å². The highest BCUT2D eigenvalue weighted by Gasteiger charge is 2.27. The van der Waals surface area contributed by atoms with E-state index in [0.717, 1.165) is 5.56 Å². The molecule has 0 bridgehead atoms. The minimum atomic E-state index is -3.69. The summed E-state index contributed by atoms with van der Waals surface area (Å²) in [6.45, 7) is -0.00702. The van der Waals surface area contributed by atoms with E-state index in [1.54, 1.807) is 24.3 Å². The molecule has 0 spiro atoms. The Bertz CT molecular complexity index is 946. The first-order chi connectivity index (χ1) is 12.3. The van der Waals surface area contributed by atoms with E-state index < -0.39 is 28.3 Å². The Kier molecular flexibility index (Phi) is 4.67. The molecule has 1 aliphatic heterocycles. The van der Waals surface area contributed by atoms with Gasteiger partial charge in [0, 0.05) is 0 Å². The quantitative estimate of drug-likeness (QED) is 0.628. The van der Waals surface area contributed by atoms with Gasteiger partial charge in [-0.2, -0.15) is 8.42 Å². The number of carbonyl (C=O) groups excluding carboxylic acids is 1. The third-order valence-electron chi connectivity index (χ3n) is 3.59. The number of carbonyl (C=O) groups is 2. The van der Waals surface area contributed by atoms with E-state index in [4.69, 9.17) is 4.74 Å². The summed E-state index contributed by atoms with van der Waals surface area (Å²) < 4.78 is 32.4. The molecule has 0 aliphatic carbocycles. The third kappa shape index (κ3) is 4.03.